The van der Waals surface area contributed by atoms with Gasteiger partial charge in [-0.25, -0.2) is 0 Å². The maximum atomic E-state index is 12.8. The van der Waals surface area contributed by atoms with Crippen molar-refractivity contribution < 1.29 is 9.59 Å². The van der Waals surface area contributed by atoms with Gasteiger partial charge in [-0.05, 0) is 43.2 Å². The maximum Gasteiger partial charge on any atom is 0.258 e. The lowest BCUT2D eigenvalue weighted by Crippen LogP contribution is -2.27. The zero-order valence-electron chi connectivity index (χ0n) is 16.2. The minimum Gasteiger partial charge on any atom is -0.398 e. The van der Waals surface area contributed by atoms with Crippen LogP contribution in [-0.2, 0) is 4.79 Å². The molecule has 0 bridgehead atoms. The second-order valence-electron chi connectivity index (χ2n) is 7.30. The van der Waals surface area contributed by atoms with Gasteiger partial charge in [0.05, 0.1) is 17.1 Å². The molecule has 0 saturated carbocycles. The fourth-order valence-corrected chi connectivity index (χ4v) is 3.85. The van der Waals surface area contributed by atoms with Crippen LogP contribution < -0.4 is 21.7 Å². The van der Waals surface area contributed by atoms with Crippen molar-refractivity contribution in [3.05, 3.63) is 60.2 Å². The molecule has 29 heavy (non-hydrogen) atoms. The lowest BCUT2D eigenvalue weighted by molar-refractivity contribution is -0.116. The van der Waals surface area contributed by atoms with Crippen LogP contribution in [0.3, 0.4) is 0 Å². The number of nitrogen functional groups attached to an aromatic ring is 2. The second kappa shape index (κ2) is 7.83. The summed E-state index contributed by atoms with van der Waals surface area (Å²) in [5, 5.41) is 4.71. The molecule has 1 aliphatic rings. The topological polar surface area (TPSA) is 101 Å². The molecule has 4 rings (SSSR count). The minimum absolute atomic E-state index is 0.0218. The van der Waals surface area contributed by atoms with Gasteiger partial charge in [0.2, 0.25) is 5.91 Å². The molecule has 0 aliphatic carbocycles. The van der Waals surface area contributed by atoms with Gasteiger partial charge in [0, 0.05) is 35.0 Å². The lowest BCUT2D eigenvalue weighted by Gasteiger charge is -2.17. The number of nitrogens with zero attached hydrogens (tertiary/aromatic N) is 1. The van der Waals surface area contributed by atoms with Gasteiger partial charge < -0.3 is 21.7 Å². The average molecular weight is 388 g/mol. The van der Waals surface area contributed by atoms with E-state index in [-0.39, 0.29) is 11.8 Å². The van der Waals surface area contributed by atoms with E-state index >= 15 is 0 Å². The molecule has 0 fully saturated rings. The summed E-state index contributed by atoms with van der Waals surface area (Å²) in [6.45, 7) is 0.625. The van der Waals surface area contributed by atoms with Crippen LogP contribution in [0.25, 0.3) is 10.8 Å². The molecule has 0 atom stereocenters. The van der Waals surface area contributed by atoms with E-state index in [1.54, 1.807) is 12.1 Å². The molecule has 6 nitrogen and oxygen atoms in total. The van der Waals surface area contributed by atoms with Gasteiger partial charge in [-0.3, -0.25) is 9.59 Å². The summed E-state index contributed by atoms with van der Waals surface area (Å²) in [4.78, 5) is 26.7. The van der Waals surface area contributed by atoms with E-state index in [0.29, 0.717) is 35.6 Å². The quantitative estimate of drug-likeness (QED) is 0.418. The molecule has 5 N–H and O–H groups in total. The number of para-hydroxylation sites is 2. The van der Waals surface area contributed by atoms with Gasteiger partial charge in [-0.2, -0.15) is 0 Å². The van der Waals surface area contributed by atoms with Crippen molar-refractivity contribution in [1.82, 2.24) is 0 Å². The zero-order chi connectivity index (χ0) is 20.4. The van der Waals surface area contributed by atoms with Gasteiger partial charge in [0.1, 0.15) is 0 Å². The summed E-state index contributed by atoms with van der Waals surface area (Å²) in [7, 11) is 0. The van der Waals surface area contributed by atoms with Crippen molar-refractivity contribution in [2.24, 2.45) is 0 Å². The van der Waals surface area contributed by atoms with Crippen LogP contribution in [0.5, 0.6) is 0 Å². The fourth-order valence-electron chi connectivity index (χ4n) is 3.85. The Hall–Kier alpha value is -3.54. The predicted molar refractivity (Wildman–Crippen MR) is 118 cm³/mol. The number of nitrogens with one attached hydrogen (secondary N) is 1. The average Bonchev–Trinajstić information content (AvgIpc) is 2.99. The molecule has 3 aromatic rings. The van der Waals surface area contributed by atoms with Gasteiger partial charge in [-0.1, -0.05) is 30.7 Å². The van der Waals surface area contributed by atoms with Crippen LogP contribution in [-0.4, -0.2) is 18.4 Å². The van der Waals surface area contributed by atoms with Crippen LogP contribution in [0.2, 0.25) is 0 Å². The largest absolute Gasteiger partial charge is 0.398 e. The number of unbranched alkanes of at least 4 members (excludes halogenated alkanes) is 2. The van der Waals surface area contributed by atoms with Gasteiger partial charge >= 0.3 is 0 Å². The third-order valence-corrected chi connectivity index (χ3v) is 5.34. The molecule has 0 aromatic heterocycles. The standard InChI is InChI=1S/C23H24N4O2/c24-17-12-13-20-22-15(17)7-6-8-16(22)23(29)27(20)14-5-1-2-11-21(28)26-19-10-4-3-9-18(19)25/h3-4,6-10,12-13H,1-2,5,11,14,24-25H2,(H,26,28). The SMILES string of the molecule is Nc1ccccc1NC(=O)CCCCCN1C(=O)c2cccc3c(N)ccc1c23. The number of carbonyl (C=O) groups excluding carboxylic acids is 2. The first kappa shape index (κ1) is 18.8. The van der Waals surface area contributed by atoms with Gasteiger partial charge in [0.15, 0.2) is 0 Å². The van der Waals surface area contributed by atoms with E-state index in [9.17, 15) is 9.59 Å². The lowest BCUT2D eigenvalue weighted by atomic mass is 10.0. The van der Waals surface area contributed by atoms with E-state index in [0.717, 1.165) is 35.7 Å². The van der Waals surface area contributed by atoms with Gasteiger partial charge in [-0.15, -0.1) is 0 Å². The van der Waals surface area contributed by atoms with Crippen LogP contribution >= 0.6 is 0 Å². The Morgan fingerprint density at radius 3 is 2.55 bits per heavy atom. The highest BCUT2D eigenvalue weighted by atomic mass is 16.2. The number of hydrogen-bond acceptors (Lipinski definition) is 4. The summed E-state index contributed by atoms with van der Waals surface area (Å²) < 4.78 is 0. The van der Waals surface area contributed by atoms with E-state index in [1.165, 1.54) is 0 Å². The molecular formula is C23H24N4O2. The Bertz CT molecular complexity index is 1090. The van der Waals surface area contributed by atoms with Crippen LogP contribution in [0.15, 0.2) is 54.6 Å². The zero-order valence-corrected chi connectivity index (χ0v) is 16.2. The van der Waals surface area contributed by atoms with E-state index in [2.05, 4.69) is 5.32 Å². The maximum absolute atomic E-state index is 12.8. The number of amides is 2. The highest BCUT2D eigenvalue weighted by molar-refractivity contribution is 6.26. The molecule has 1 heterocycles. The Balaban J connectivity index is 1.30. The number of hydrogen-bond donors (Lipinski definition) is 3. The first-order valence-corrected chi connectivity index (χ1v) is 9.83. The van der Waals surface area contributed by atoms with Crippen molar-refractivity contribution >= 4 is 45.3 Å². The van der Waals surface area contributed by atoms with Crippen molar-refractivity contribution in [3.63, 3.8) is 0 Å². The second-order valence-corrected chi connectivity index (χ2v) is 7.30. The smallest absolute Gasteiger partial charge is 0.258 e. The number of carbonyl (C=O) groups is 2. The van der Waals surface area contributed by atoms with E-state index in [1.807, 2.05) is 47.4 Å². The molecule has 2 amide bonds. The Kier molecular flexibility index (Phi) is 5.08. The molecular weight excluding hydrogens is 364 g/mol. The fraction of sp³-hybridized carbons (Fsp3) is 0.217. The minimum atomic E-state index is -0.0483. The summed E-state index contributed by atoms with van der Waals surface area (Å²) in [6, 6.07) is 16.7. The summed E-state index contributed by atoms with van der Waals surface area (Å²) in [5.74, 6) is -0.0266. The molecule has 1 aliphatic heterocycles. The molecule has 6 heteroatoms. The molecule has 0 saturated heterocycles. The third kappa shape index (κ3) is 3.61. The normalized spacial score (nSPS) is 12.6. The van der Waals surface area contributed by atoms with Crippen molar-refractivity contribution in [2.75, 3.05) is 28.2 Å². The highest BCUT2D eigenvalue weighted by Crippen LogP contribution is 2.39. The van der Waals surface area contributed by atoms with Gasteiger partial charge in [0.25, 0.3) is 5.91 Å². The first-order chi connectivity index (χ1) is 14.1. The van der Waals surface area contributed by atoms with Crippen LogP contribution in [0.4, 0.5) is 22.7 Å². The summed E-state index contributed by atoms with van der Waals surface area (Å²) >= 11 is 0. The highest BCUT2D eigenvalue weighted by Gasteiger charge is 2.29. The number of nitrogens with two attached hydrogens (primary N) is 2. The Morgan fingerprint density at radius 2 is 1.72 bits per heavy atom. The molecule has 0 unspecified atom stereocenters. The first-order valence-electron chi connectivity index (χ1n) is 9.83. The number of anilines is 4. The van der Waals surface area contributed by atoms with Crippen LogP contribution in [0, 0.1) is 0 Å². The van der Waals surface area contributed by atoms with Crippen molar-refractivity contribution in [1.29, 1.82) is 0 Å². The number of benzene rings is 3. The Morgan fingerprint density at radius 1 is 0.897 bits per heavy atom. The van der Waals surface area contributed by atoms with Crippen molar-refractivity contribution in [2.45, 2.75) is 25.7 Å². The summed E-state index contributed by atoms with van der Waals surface area (Å²) in [5.41, 5.74) is 15.4. The van der Waals surface area contributed by atoms with E-state index in [4.69, 9.17) is 11.5 Å². The van der Waals surface area contributed by atoms with E-state index < -0.39 is 0 Å². The predicted octanol–water partition coefficient (Wildman–Crippen LogP) is 4.16. The van der Waals surface area contributed by atoms with Crippen LogP contribution in [0.1, 0.15) is 36.0 Å². The molecule has 3 aromatic carbocycles. The monoisotopic (exact) mass is 388 g/mol. The third-order valence-electron chi connectivity index (χ3n) is 5.34. The number of rotatable bonds is 7. The molecule has 0 radical (unpaired) electrons. The molecule has 148 valence electrons. The summed E-state index contributed by atoms with van der Waals surface area (Å²) in [6.07, 6.45) is 2.86. The molecule has 0 spiro atoms. The van der Waals surface area contributed by atoms with Crippen molar-refractivity contribution in [3.8, 4) is 0 Å². The Labute approximate surface area is 169 Å².